The Labute approximate surface area is 190 Å². The zero-order valence-corrected chi connectivity index (χ0v) is 18.9. The number of hydrogen-bond acceptors (Lipinski definition) is 6. The summed E-state index contributed by atoms with van der Waals surface area (Å²) in [6.45, 7) is 9.28. The van der Waals surface area contributed by atoms with Crippen LogP contribution >= 0.6 is 0 Å². The number of nitrogens with one attached hydrogen (secondary N) is 1. The van der Waals surface area contributed by atoms with Crippen molar-refractivity contribution < 1.29 is 18.5 Å². The van der Waals surface area contributed by atoms with Crippen LogP contribution in [0, 0.1) is 15.9 Å². The van der Waals surface area contributed by atoms with Crippen LogP contribution in [0.4, 0.5) is 15.8 Å². The van der Waals surface area contributed by atoms with Crippen molar-refractivity contribution in [2.45, 2.75) is 45.6 Å². The molecular weight excluding hydrogens is 427 g/mol. The molecule has 1 amide bonds. The Morgan fingerprint density at radius 3 is 2.82 bits per heavy atom. The minimum absolute atomic E-state index is 0.0528. The van der Waals surface area contributed by atoms with Gasteiger partial charge in [0.05, 0.1) is 11.1 Å². The van der Waals surface area contributed by atoms with Crippen molar-refractivity contribution in [3.63, 3.8) is 0 Å². The molecule has 33 heavy (non-hydrogen) atoms. The number of hydrazone groups is 1. The van der Waals surface area contributed by atoms with Gasteiger partial charge in [0.15, 0.2) is 5.76 Å². The highest BCUT2D eigenvalue weighted by Crippen LogP contribution is 2.43. The first-order valence-corrected chi connectivity index (χ1v) is 10.7. The Kier molecular flexibility index (Phi) is 5.65. The van der Waals surface area contributed by atoms with Gasteiger partial charge in [-0.2, -0.15) is 5.10 Å². The van der Waals surface area contributed by atoms with Gasteiger partial charge in [0.2, 0.25) is 0 Å². The van der Waals surface area contributed by atoms with E-state index in [1.807, 2.05) is 0 Å². The zero-order chi connectivity index (χ0) is 23.9. The van der Waals surface area contributed by atoms with Crippen molar-refractivity contribution in [1.29, 1.82) is 0 Å². The molecule has 0 spiro atoms. The summed E-state index contributed by atoms with van der Waals surface area (Å²) < 4.78 is 20.3. The number of rotatable bonds is 5. The average Bonchev–Trinajstić information content (AvgIpc) is 3.17. The maximum atomic E-state index is 14.9. The summed E-state index contributed by atoms with van der Waals surface area (Å²) in [7, 11) is 0. The zero-order valence-electron chi connectivity index (χ0n) is 18.9. The maximum Gasteiger partial charge on any atom is 0.307 e. The topological polar surface area (TPSA) is 101 Å². The van der Waals surface area contributed by atoms with Gasteiger partial charge in [-0.3, -0.25) is 14.9 Å². The SMILES string of the molecule is CCN1c2cc(F)c(/C=N\NC(=O)c3cc4cc([N+](=O)[O-])ccc4o3)cc2C(C)CC1(C)C. The summed E-state index contributed by atoms with van der Waals surface area (Å²) in [6.07, 6.45) is 2.21. The van der Waals surface area contributed by atoms with E-state index in [1.165, 1.54) is 36.5 Å². The van der Waals surface area contributed by atoms with E-state index in [0.29, 0.717) is 11.0 Å². The molecule has 1 aliphatic heterocycles. The molecule has 2 heterocycles. The average molecular weight is 452 g/mol. The van der Waals surface area contributed by atoms with Crippen LogP contribution in [-0.2, 0) is 0 Å². The molecule has 3 aromatic rings. The number of nitrogens with zero attached hydrogens (tertiary/aromatic N) is 3. The molecule has 1 unspecified atom stereocenters. The number of anilines is 1. The standard InChI is InChI=1S/C24H25FN4O4/c1-5-28-20-11-19(25)16(9-18(20)14(2)12-24(28,3)4)13-26-27-23(30)22-10-15-8-17(29(31)32)6-7-21(15)33-22/h6-11,13-14H,5,12H2,1-4H3,(H,27,30)/b26-13-. The summed E-state index contributed by atoms with van der Waals surface area (Å²) >= 11 is 0. The van der Waals surface area contributed by atoms with Crippen molar-refractivity contribution in [2.24, 2.45) is 5.10 Å². The molecule has 0 radical (unpaired) electrons. The second kappa shape index (κ2) is 8.31. The Morgan fingerprint density at radius 1 is 1.36 bits per heavy atom. The molecule has 1 atom stereocenters. The summed E-state index contributed by atoms with van der Waals surface area (Å²) in [5, 5.41) is 15.2. The minimum Gasteiger partial charge on any atom is -0.451 e. The lowest BCUT2D eigenvalue weighted by molar-refractivity contribution is -0.384. The van der Waals surface area contributed by atoms with Gasteiger partial charge in [-0.1, -0.05) is 6.92 Å². The van der Waals surface area contributed by atoms with Gasteiger partial charge >= 0.3 is 5.91 Å². The Bertz CT molecular complexity index is 1280. The number of carbonyl (C=O) groups is 1. The van der Waals surface area contributed by atoms with Crippen molar-refractivity contribution in [3.05, 3.63) is 69.2 Å². The van der Waals surface area contributed by atoms with Crippen LogP contribution in [-0.4, -0.2) is 29.1 Å². The van der Waals surface area contributed by atoms with E-state index in [4.69, 9.17) is 4.42 Å². The summed E-state index contributed by atoms with van der Waals surface area (Å²) in [4.78, 5) is 25.0. The van der Waals surface area contributed by atoms with Crippen molar-refractivity contribution in [1.82, 2.24) is 5.43 Å². The van der Waals surface area contributed by atoms with E-state index >= 15 is 0 Å². The number of carbonyl (C=O) groups excluding carboxylic acids is 1. The molecule has 4 rings (SSSR count). The van der Waals surface area contributed by atoms with Crippen LogP contribution in [0.2, 0.25) is 0 Å². The molecule has 2 aromatic carbocycles. The number of fused-ring (bicyclic) bond motifs is 2. The van der Waals surface area contributed by atoms with Crippen molar-refractivity contribution >= 4 is 34.5 Å². The number of nitro groups is 1. The monoisotopic (exact) mass is 452 g/mol. The largest absolute Gasteiger partial charge is 0.451 e. The van der Waals surface area contributed by atoms with Crippen LogP contribution in [0.1, 0.15) is 61.7 Å². The quantitative estimate of drug-likeness (QED) is 0.319. The molecule has 1 aliphatic rings. The van der Waals surface area contributed by atoms with Crippen molar-refractivity contribution in [3.8, 4) is 0 Å². The molecule has 0 saturated carbocycles. The third kappa shape index (κ3) is 4.18. The van der Waals surface area contributed by atoms with Crippen LogP contribution < -0.4 is 10.3 Å². The van der Waals surface area contributed by atoms with Gasteiger partial charge in [-0.25, -0.2) is 9.82 Å². The Hall–Kier alpha value is -3.75. The van der Waals surface area contributed by atoms with Gasteiger partial charge in [0, 0.05) is 40.9 Å². The lowest BCUT2D eigenvalue weighted by Gasteiger charge is -2.47. The number of furan rings is 1. The summed E-state index contributed by atoms with van der Waals surface area (Å²) in [5.41, 5.74) is 4.70. The molecule has 172 valence electrons. The molecule has 9 heteroatoms. The van der Waals surface area contributed by atoms with E-state index in [1.54, 1.807) is 6.07 Å². The van der Waals surface area contributed by atoms with Gasteiger partial charge in [-0.05, 0) is 62.9 Å². The summed E-state index contributed by atoms with van der Waals surface area (Å²) in [6, 6.07) is 8.76. The van der Waals surface area contributed by atoms with E-state index in [9.17, 15) is 19.3 Å². The third-order valence-electron chi connectivity index (χ3n) is 6.12. The first-order chi connectivity index (χ1) is 15.6. The molecule has 0 saturated heterocycles. The van der Waals surface area contributed by atoms with Gasteiger partial charge in [0.25, 0.3) is 5.69 Å². The lowest BCUT2D eigenvalue weighted by Crippen LogP contribution is -2.48. The van der Waals surface area contributed by atoms with Crippen LogP contribution in [0.5, 0.6) is 0 Å². The molecule has 8 nitrogen and oxygen atoms in total. The van der Waals surface area contributed by atoms with Gasteiger partial charge in [0.1, 0.15) is 11.4 Å². The fourth-order valence-corrected chi connectivity index (χ4v) is 4.69. The highest BCUT2D eigenvalue weighted by Gasteiger charge is 2.36. The lowest BCUT2D eigenvalue weighted by atomic mass is 9.79. The number of nitro benzene ring substituents is 1. The molecule has 0 bridgehead atoms. The van der Waals surface area contributed by atoms with E-state index in [-0.39, 0.29) is 28.5 Å². The van der Waals surface area contributed by atoms with E-state index in [0.717, 1.165) is 24.2 Å². The molecule has 1 N–H and O–H groups in total. The predicted octanol–water partition coefficient (Wildman–Crippen LogP) is 5.36. The molecule has 1 aromatic heterocycles. The van der Waals surface area contributed by atoms with Crippen LogP contribution in [0.15, 0.2) is 45.9 Å². The molecule has 0 fully saturated rings. The normalized spacial score (nSPS) is 17.4. The molecular formula is C24H25FN4O4. The fraction of sp³-hybridized carbons (Fsp3) is 0.333. The van der Waals surface area contributed by atoms with Gasteiger partial charge < -0.3 is 9.32 Å². The van der Waals surface area contributed by atoms with Crippen molar-refractivity contribution in [2.75, 3.05) is 11.4 Å². The maximum absolute atomic E-state index is 14.9. The predicted molar refractivity (Wildman–Crippen MR) is 124 cm³/mol. The Morgan fingerprint density at radius 2 is 2.12 bits per heavy atom. The number of hydrogen-bond donors (Lipinski definition) is 1. The Balaban J connectivity index is 1.54. The second-order valence-corrected chi connectivity index (χ2v) is 8.88. The first kappa shape index (κ1) is 22.4. The van der Waals surface area contributed by atoms with E-state index in [2.05, 4.69) is 43.1 Å². The van der Waals surface area contributed by atoms with Crippen LogP contribution in [0.25, 0.3) is 11.0 Å². The number of amides is 1. The highest BCUT2D eigenvalue weighted by atomic mass is 19.1. The van der Waals surface area contributed by atoms with Crippen LogP contribution in [0.3, 0.4) is 0 Å². The van der Waals surface area contributed by atoms with E-state index < -0.39 is 16.6 Å². The number of benzene rings is 2. The minimum atomic E-state index is -0.643. The highest BCUT2D eigenvalue weighted by molar-refractivity contribution is 5.97. The summed E-state index contributed by atoms with van der Waals surface area (Å²) in [5.74, 6) is -0.871. The second-order valence-electron chi connectivity index (χ2n) is 8.88. The first-order valence-electron chi connectivity index (χ1n) is 10.7. The van der Waals surface area contributed by atoms with Gasteiger partial charge in [-0.15, -0.1) is 0 Å². The fourth-order valence-electron chi connectivity index (χ4n) is 4.69. The third-order valence-corrected chi connectivity index (χ3v) is 6.12. The molecule has 0 aliphatic carbocycles. The number of non-ortho nitro benzene ring substituents is 1. The number of halogens is 1. The smallest absolute Gasteiger partial charge is 0.307 e.